The Kier molecular flexibility index (Phi) is 4.64. The van der Waals surface area contributed by atoms with Crippen molar-refractivity contribution in [2.24, 2.45) is 0 Å². The second-order valence-electron chi connectivity index (χ2n) is 4.20. The molecular formula is C13H11ClF3N3O. The van der Waals surface area contributed by atoms with Gasteiger partial charge in [-0.05, 0) is 5.56 Å². The second kappa shape index (κ2) is 6.28. The lowest BCUT2D eigenvalue weighted by Gasteiger charge is -2.13. The van der Waals surface area contributed by atoms with Crippen LogP contribution in [0.15, 0.2) is 36.4 Å². The maximum absolute atomic E-state index is 12.6. The molecule has 0 aliphatic carbocycles. The highest BCUT2D eigenvalue weighted by Gasteiger charge is 2.35. The number of nitrogens with zero attached hydrogens (tertiary/aromatic N) is 2. The lowest BCUT2D eigenvalue weighted by atomic mass is 10.1. The maximum Gasteiger partial charge on any atom is 0.451 e. The first kappa shape index (κ1) is 15.5. The van der Waals surface area contributed by atoms with Crippen LogP contribution in [0.2, 0.25) is 5.15 Å². The quantitative estimate of drug-likeness (QED) is 0.850. The van der Waals surface area contributed by atoms with Crippen molar-refractivity contribution in [3.8, 4) is 0 Å². The third-order valence-electron chi connectivity index (χ3n) is 2.61. The lowest BCUT2D eigenvalue weighted by molar-refractivity contribution is -0.144. The van der Waals surface area contributed by atoms with Gasteiger partial charge in [-0.25, -0.2) is 9.97 Å². The Hall–Kier alpha value is -1.86. The minimum Gasteiger partial charge on any atom is -0.387 e. The molecule has 0 bridgehead atoms. The number of halogens is 4. The molecule has 0 amide bonds. The van der Waals surface area contributed by atoms with Gasteiger partial charge in [-0.1, -0.05) is 41.9 Å². The van der Waals surface area contributed by atoms with E-state index < -0.39 is 18.1 Å². The molecule has 1 aromatic carbocycles. The fourth-order valence-corrected chi connectivity index (χ4v) is 1.81. The molecule has 0 saturated carbocycles. The zero-order valence-electron chi connectivity index (χ0n) is 10.6. The average molecular weight is 318 g/mol. The first-order chi connectivity index (χ1) is 9.86. The van der Waals surface area contributed by atoms with Crippen molar-refractivity contribution >= 4 is 17.4 Å². The molecule has 1 atom stereocenters. The van der Waals surface area contributed by atoms with Gasteiger partial charge in [-0.15, -0.1) is 0 Å². The minimum atomic E-state index is -4.68. The predicted molar refractivity (Wildman–Crippen MR) is 71.9 cm³/mol. The molecular weight excluding hydrogens is 307 g/mol. The van der Waals surface area contributed by atoms with Gasteiger partial charge in [0.05, 0.1) is 6.10 Å². The normalized spacial score (nSPS) is 13.0. The zero-order chi connectivity index (χ0) is 15.5. The second-order valence-corrected chi connectivity index (χ2v) is 4.59. The SMILES string of the molecule is OC(CNc1cc(Cl)nc(C(F)(F)F)n1)c1ccccc1. The van der Waals surface area contributed by atoms with Gasteiger partial charge < -0.3 is 10.4 Å². The van der Waals surface area contributed by atoms with E-state index in [1.165, 1.54) is 0 Å². The van der Waals surface area contributed by atoms with Gasteiger partial charge >= 0.3 is 6.18 Å². The summed E-state index contributed by atoms with van der Waals surface area (Å²) in [6.45, 7) is -0.00530. The molecule has 0 aliphatic rings. The van der Waals surface area contributed by atoms with Crippen molar-refractivity contribution in [3.63, 3.8) is 0 Å². The summed E-state index contributed by atoms with van der Waals surface area (Å²) in [6.07, 6.45) is -5.56. The highest BCUT2D eigenvalue weighted by molar-refractivity contribution is 6.29. The van der Waals surface area contributed by atoms with Crippen LogP contribution in [0.3, 0.4) is 0 Å². The summed E-state index contributed by atoms with van der Waals surface area (Å²) in [5, 5.41) is 12.2. The fraction of sp³-hybridized carbons (Fsp3) is 0.231. The number of alkyl halides is 3. The highest BCUT2D eigenvalue weighted by Crippen LogP contribution is 2.28. The maximum atomic E-state index is 12.6. The molecule has 112 valence electrons. The number of aliphatic hydroxyl groups is 1. The average Bonchev–Trinajstić information content (AvgIpc) is 2.44. The molecule has 2 N–H and O–H groups in total. The Morgan fingerprint density at radius 2 is 1.86 bits per heavy atom. The van der Waals surface area contributed by atoms with Crippen molar-refractivity contribution in [2.45, 2.75) is 12.3 Å². The van der Waals surface area contributed by atoms with E-state index in [0.717, 1.165) is 6.07 Å². The number of aliphatic hydroxyl groups excluding tert-OH is 1. The summed E-state index contributed by atoms with van der Waals surface area (Å²) in [5.41, 5.74) is 0.640. The zero-order valence-corrected chi connectivity index (χ0v) is 11.4. The van der Waals surface area contributed by atoms with Crippen LogP contribution in [0.5, 0.6) is 0 Å². The van der Waals surface area contributed by atoms with E-state index in [1.54, 1.807) is 30.3 Å². The Balaban J connectivity index is 2.08. The topological polar surface area (TPSA) is 58.0 Å². The van der Waals surface area contributed by atoms with Crippen LogP contribution in [0.1, 0.15) is 17.5 Å². The Morgan fingerprint density at radius 3 is 2.48 bits per heavy atom. The first-order valence-corrected chi connectivity index (χ1v) is 6.33. The molecule has 8 heteroatoms. The van der Waals surface area contributed by atoms with Crippen LogP contribution in [0.4, 0.5) is 19.0 Å². The molecule has 1 aromatic heterocycles. The summed E-state index contributed by atoms with van der Waals surface area (Å²) < 4.78 is 37.7. The monoisotopic (exact) mass is 317 g/mol. The molecule has 0 spiro atoms. The largest absolute Gasteiger partial charge is 0.451 e. The number of rotatable bonds is 4. The Morgan fingerprint density at radius 1 is 1.19 bits per heavy atom. The highest BCUT2D eigenvalue weighted by atomic mass is 35.5. The van der Waals surface area contributed by atoms with E-state index in [1.807, 2.05) is 0 Å². The van der Waals surface area contributed by atoms with Gasteiger partial charge in [-0.2, -0.15) is 13.2 Å². The summed E-state index contributed by atoms with van der Waals surface area (Å²) in [5.74, 6) is -1.43. The predicted octanol–water partition coefficient (Wildman–Crippen LogP) is 3.29. The molecule has 2 aromatic rings. The molecule has 0 fully saturated rings. The molecule has 1 heterocycles. The number of nitrogens with one attached hydrogen (secondary N) is 1. The lowest BCUT2D eigenvalue weighted by Crippen LogP contribution is -2.16. The minimum absolute atomic E-state index is 0.00530. The van der Waals surface area contributed by atoms with Crippen LogP contribution in [-0.4, -0.2) is 21.6 Å². The molecule has 21 heavy (non-hydrogen) atoms. The van der Waals surface area contributed by atoms with Crippen molar-refractivity contribution < 1.29 is 18.3 Å². The third-order valence-corrected chi connectivity index (χ3v) is 2.80. The van der Waals surface area contributed by atoms with E-state index in [9.17, 15) is 18.3 Å². The van der Waals surface area contributed by atoms with Crippen molar-refractivity contribution in [1.82, 2.24) is 9.97 Å². The third kappa shape index (κ3) is 4.30. The smallest absolute Gasteiger partial charge is 0.387 e. The summed E-state index contributed by atoms with van der Waals surface area (Å²) in [4.78, 5) is 6.44. The van der Waals surface area contributed by atoms with Crippen LogP contribution >= 0.6 is 11.6 Å². The molecule has 0 saturated heterocycles. The van der Waals surface area contributed by atoms with Gasteiger partial charge in [-0.3, -0.25) is 0 Å². The Bertz CT molecular complexity index is 607. The van der Waals surface area contributed by atoms with E-state index in [2.05, 4.69) is 15.3 Å². The Labute approximate surface area is 123 Å². The number of anilines is 1. The van der Waals surface area contributed by atoms with Gasteiger partial charge in [0.25, 0.3) is 0 Å². The van der Waals surface area contributed by atoms with Crippen molar-refractivity contribution in [2.75, 3.05) is 11.9 Å². The molecule has 2 rings (SSSR count). The van der Waals surface area contributed by atoms with Crippen molar-refractivity contribution in [1.29, 1.82) is 0 Å². The summed E-state index contributed by atoms with van der Waals surface area (Å²) in [6, 6.07) is 9.88. The van der Waals surface area contributed by atoms with E-state index in [0.29, 0.717) is 5.56 Å². The van der Waals surface area contributed by atoms with Crippen LogP contribution in [0.25, 0.3) is 0 Å². The number of hydrogen-bond acceptors (Lipinski definition) is 4. The van der Waals surface area contributed by atoms with Crippen LogP contribution in [0, 0.1) is 0 Å². The van der Waals surface area contributed by atoms with Gasteiger partial charge in [0.1, 0.15) is 11.0 Å². The van der Waals surface area contributed by atoms with Crippen LogP contribution < -0.4 is 5.32 Å². The molecule has 1 unspecified atom stereocenters. The molecule has 0 aliphatic heterocycles. The van der Waals surface area contributed by atoms with E-state index >= 15 is 0 Å². The van der Waals surface area contributed by atoms with Gasteiger partial charge in [0, 0.05) is 12.6 Å². The van der Waals surface area contributed by atoms with Crippen molar-refractivity contribution in [3.05, 3.63) is 52.9 Å². The van der Waals surface area contributed by atoms with E-state index in [4.69, 9.17) is 11.6 Å². The number of benzene rings is 1. The first-order valence-electron chi connectivity index (χ1n) is 5.95. The number of hydrogen-bond donors (Lipinski definition) is 2. The van der Waals surface area contributed by atoms with Gasteiger partial charge in [0.2, 0.25) is 5.82 Å². The summed E-state index contributed by atoms with van der Waals surface area (Å²) in [7, 11) is 0. The fourth-order valence-electron chi connectivity index (χ4n) is 1.63. The molecule has 4 nitrogen and oxygen atoms in total. The van der Waals surface area contributed by atoms with E-state index in [-0.39, 0.29) is 17.5 Å². The standard InChI is InChI=1S/C13H11ClF3N3O/c14-10-6-11(20-12(19-10)13(15,16)17)18-7-9(21)8-4-2-1-3-5-8/h1-6,9,21H,7H2,(H,18,19,20). The van der Waals surface area contributed by atoms with Crippen LogP contribution in [-0.2, 0) is 6.18 Å². The summed E-state index contributed by atoms with van der Waals surface area (Å²) >= 11 is 5.53. The number of aromatic nitrogens is 2. The molecule has 0 radical (unpaired) electrons. The van der Waals surface area contributed by atoms with Gasteiger partial charge in [0.15, 0.2) is 0 Å².